The van der Waals surface area contributed by atoms with Crippen LogP contribution in [0.2, 0.25) is 0 Å². The van der Waals surface area contributed by atoms with Gasteiger partial charge in [-0.2, -0.15) is 5.10 Å². The summed E-state index contributed by atoms with van der Waals surface area (Å²) >= 11 is 1.67. The van der Waals surface area contributed by atoms with Crippen LogP contribution < -0.4 is 10.9 Å². The molecule has 0 unspecified atom stereocenters. The maximum atomic E-state index is 12.9. The first-order chi connectivity index (χ1) is 14.1. The highest BCUT2D eigenvalue weighted by molar-refractivity contribution is 7.19. The average molecular weight is 416 g/mol. The Kier molecular flexibility index (Phi) is 6.01. The van der Waals surface area contributed by atoms with Crippen LogP contribution in [0.1, 0.15) is 43.3 Å². The molecule has 1 fully saturated rings. The van der Waals surface area contributed by atoms with Gasteiger partial charge in [-0.25, -0.2) is 4.68 Å². The molecule has 8 heteroatoms. The first kappa shape index (κ1) is 20.1. The molecule has 0 aliphatic carbocycles. The molecular weight excluding hydrogens is 386 g/mol. The Morgan fingerprint density at radius 2 is 2.00 bits per heavy atom. The Balaban J connectivity index is 1.44. The second-order valence-electron chi connectivity index (χ2n) is 7.81. The molecule has 0 aromatic carbocycles. The minimum absolute atomic E-state index is 0.0378. The summed E-state index contributed by atoms with van der Waals surface area (Å²) < 4.78 is 4.33. The van der Waals surface area contributed by atoms with Crippen molar-refractivity contribution in [2.24, 2.45) is 0 Å². The number of carbonyl (C=O) groups is 1. The molecule has 29 heavy (non-hydrogen) atoms. The van der Waals surface area contributed by atoms with Crippen LogP contribution in [-0.4, -0.2) is 51.2 Å². The Labute approximate surface area is 174 Å². The molecule has 3 aromatic heterocycles. The van der Waals surface area contributed by atoms with Crippen molar-refractivity contribution in [1.29, 1.82) is 0 Å². The van der Waals surface area contributed by atoms with Crippen molar-refractivity contribution in [3.8, 4) is 0 Å². The molecule has 1 aliphatic rings. The fourth-order valence-corrected chi connectivity index (χ4v) is 5.10. The lowest BCUT2D eigenvalue weighted by molar-refractivity contribution is -0.121. The van der Waals surface area contributed by atoms with Gasteiger partial charge >= 0.3 is 0 Å². The second kappa shape index (κ2) is 8.67. The van der Waals surface area contributed by atoms with Crippen molar-refractivity contribution < 1.29 is 4.79 Å². The summed E-state index contributed by atoms with van der Waals surface area (Å²) in [6.45, 7) is 8.03. The number of hydrogen-bond acceptors (Lipinski definition) is 5. The van der Waals surface area contributed by atoms with Crippen molar-refractivity contribution in [1.82, 2.24) is 24.4 Å². The normalized spacial score (nSPS) is 15.4. The van der Waals surface area contributed by atoms with Crippen LogP contribution in [0.15, 0.2) is 16.9 Å². The van der Waals surface area contributed by atoms with Crippen molar-refractivity contribution in [3.63, 3.8) is 0 Å². The number of nitrogens with one attached hydrogen (secondary N) is 1. The van der Waals surface area contributed by atoms with E-state index < -0.39 is 0 Å². The number of nitrogens with zero attached hydrogens (tertiary/aromatic N) is 4. The van der Waals surface area contributed by atoms with Crippen molar-refractivity contribution >= 4 is 33.0 Å². The van der Waals surface area contributed by atoms with E-state index in [2.05, 4.69) is 28.3 Å². The van der Waals surface area contributed by atoms with Crippen LogP contribution >= 0.6 is 11.3 Å². The third-order valence-electron chi connectivity index (χ3n) is 5.59. The SMILES string of the molecule is CCc1nn(CC(=O)NCCCN2CCCCC2)c(=O)c2cc3sc(C)cc3n12. The number of fused-ring (bicyclic) bond motifs is 3. The summed E-state index contributed by atoms with van der Waals surface area (Å²) in [5.74, 6) is 0.638. The molecule has 0 atom stereocenters. The predicted octanol–water partition coefficient (Wildman–Crippen LogP) is 2.57. The van der Waals surface area contributed by atoms with Gasteiger partial charge in [0.05, 0.1) is 10.2 Å². The summed E-state index contributed by atoms with van der Waals surface area (Å²) in [5.41, 5.74) is 1.40. The average Bonchev–Trinajstić information content (AvgIpc) is 3.25. The van der Waals surface area contributed by atoms with E-state index in [0.717, 1.165) is 29.0 Å². The number of carbonyl (C=O) groups excluding carboxylic acids is 1. The smallest absolute Gasteiger partial charge is 0.291 e. The van der Waals surface area contributed by atoms with Crippen molar-refractivity contribution in [2.75, 3.05) is 26.2 Å². The summed E-state index contributed by atoms with van der Waals surface area (Å²) in [5, 5.41) is 7.44. The van der Waals surface area contributed by atoms with Crippen molar-refractivity contribution in [3.05, 3.63) is 33.2 Å². The van der Waals surface area contributed by atoms with Gasteiger partial charge in [0.2, 0.25) is 5.91 Å². The molecule has 7 nitrogen and oxygen atoms in total. The molecule has 3 aromatic rings. The molecule has 0 bridgehead atoms. The molecule has 0 radical (unpaired) electrons. The van der Waals surface area contributed by atoms with Crippen LogP contribution in [0.3, 0.4) is 0 Å². The summed E-state index contributed by atoms with van der Waals surface area (Å²) in [6, 6.07) is 4.01. The fourth-order valence-electron chi connectivity index (χ4n) is 4.15. The Morgan fingerprint density at radius 1 is 1.21 bits per heavy atom. The minimum Gasteiger partial charge on any atom is -0.354 e. The third kappa shape index (κ3) is 4.23. The van der Waals surface area contributed by atoms with E-state index >= 15 is 0 Å². The van der Waals surface area contributed by atoms with E-state index in [1.54, 1.807) is 11.3 Å². The number of rotatable bonds is 7. The Bertz CT molecular complexity index is 1070. The topological polar surface area (TPSA) is 71.6 Å². The maximum Gasteiger partial charge on any atom is 0.291 e. The molecule has 1 amide bonds. The van der Waals surface area contributed by atoms with Crippen molar-refractivity contribution in [2.45, 2.75) is 52.5 Å². The van der Waals surface area contributed by atoms with Gasteiger partial charge in [-0.05, 0) is 58.0 Å². The molecule has 1 N–H and O–H groups in total. The lowest BCUT2D eigenvalue weighted by atomic mass is 10.1. The molecule has 0 spiro atoms. The van der Waals surface area contributed by atoms with Crippen LogP contribution in [0, 0.1) is 6.92 Å². The Morgan fingerprint density at radius 3 is 2.76 bits per heavy atom. The highest BCUT2D eigenvalue weighted by atomic mass is 32.1. The molecule has 4 heterocycles. The molecule has 156 valence electrons. The zero-order valence-electron chi connectivity index (χ0n) is 17.2. The van der Waals surface area contributed by atoms with Gasteiger partial charge in [0.1, 0.15) is 17.9 Å². The third-order valence-corrected chi connectivity index (χ3v) is 6.58. The largest absolute Gasteiger partial charge is 0.354 e. The zero-order valence-corrected chi connectivity index (χ0v) is 18.1. The van der Waals surface area contributed by atoms with E-state index in [0.29, 0.717) is 18.5 Å². The lowest BCUT2D eigenvalue weighted by Crippen LogP contribution is -2.37. The fraction of sp³-hybridized carbons (Fsp3) is 0.571. The highest BCUT2D eigenvalue weighted by Crippen LogP contribution is 2.28. The van der Waals surface area contributed by atoms with E-state index in [1.807, 2.05) is 17.4 Å². The summed E-state index contributed by atoms with van der Waals surface area (Å²) in [6.07, 6.45) is 5.51. The molecule has 1 aliphatic heterocycles. The van der Waals surface area contributed by atoms with Gasteiger partial charge in [0.25, 0.3) is 5.56 Å². The van der Waals surface area contributed by atoms with Crippen LogP contribution in [-0.2, 0) is 17.8 Å². The minimum atomic E-state index is -0.216. The molecule has 4 rings (SSSR count). The van der Waals surface area contributed by atoms with Crippen LogP contribution in [0.5, 0.6) is 0 Å². The van der Waals surface area contributed by atoms with Crippen LogP contribution in [0.4, 0.5) is 0 Å². The Hall–Kier alpha value is -2.19. The first-order valence-electron chi connectivity index (χ1n) is 10.6. The number of piperidine rings is 1. The van der Waals surface area contributed by atoms with Gasteiger partial charge in [0, 0.05) is 17.8 Å². The van der Waals surface area contributed by atoms with E-state index in [9.17, 15) is 9.59 Å². The number of hydrogen-bond donors (Lipinski definition) is 1. The quantitative estimate of drug-likeness (QED) is 0.602. The lowest BCUT2D eigenvalue weighted by Gasteiger charge is -2.26. The predicted molar refractivity (Wildman–Crippen MR) is 117 cm³/mol. The molecule has 1 saturated heterocycles. The van der Waals surface area contributed by atoms with E-state index in [1.165, 1.54) is 41.9 Å². The van der Waals surface area contributed by atoms with Gasteiger partial charge < -0.3 is 10.2 Å². The van der Waals surface area contributed by atoms with Gasteiger partial charge in [-0.15, -0.1) is 11.3 Å². The second-order valence-corrected chi connectivity index (χ2v) is 9.10. The molecule has 0 saturated carbocycles. The molecular formula is C21H29N5O2S. The van der Waals surface area contributed by atoms with Gasteiger partial charge in [-0.1, -0.05) is 13.3 Å². The standard InChI is InChI=1S/C21H29N5O2S/c1-3-19-23-25(14-20(27)22-8-7-11-24-9-5-4-6-10-24)21(28)17-13-18-16(26(17)19)12-15(2)29-18/h12-13H,3-11,14H2,1-2H3,(H,22,27). The number of aryl methyl sites for hydroxylation is 2. The summed E-state index contributed by atoms with van der Waals surface area (Å²) in [4.78, 5) is 29.0. The number of aromatic nitrogens is 3. The van der Waals surface area contributed by atoms with Crippen LogP contribution in [0.25, 0.3) is 15.7 Å². The number of thiophene rings is 1. The number of likely N-dealkylation sites (tertiary alicyclic amines) is 1. The highest BCUT2D eigenvalue weighted by Gasteiger charge is 2.16. The summed E-state index contributed by atoms with van der Waals surface area (Å²) in [7, 11) is 0. The van der Waals surface area contributed by atoms with E-state index in [-0.39, 0.29) is 18.0 Å². The first-order valence-corrected chi connectivity index (χ1v) is 11.4. The maximum absolute atomic E-state index is 12.9. The van der Waals surface area contributed by atoms with Gasteiger partial charge in [0.15, 0.2) is 0 Å². The monoisotopic (exact) mass is 415 g/mol. The van der Waals surface area contributed by atoms with E-state index in [4.69, 9.17) is 0 Å². The van der Waals surface area contributed by atoms with Gasteiger partial charge in [-0.3, -0.25) is 14.0 Å². The zero-order chi connectivity index (χ0) is 20.4. The number of amides is 1.